The van der Waals surface area contributed by atoms with Gasteiger partial charge in [0.1, 0.15) is 16.5 Å². The molecule has 0 radical (unpaired) electrons. The first-order valence-corrected chi connectivity index (χ1v) is 13.6. The van der Waals surface area contributed by atoms with Gasteiger partial charge in [-0.3, -0.25) is 9.59 Å². The van der Waals surface area contributed by atoms with Crippen LogP contribution in [0.4, 0.5) is 0 Å². The van der Waals surface area contributed by atoms with Crippen molar-refractivity contribution >= 4 is 39.1 Å². The molecule has 5 rings (SSSR count). The van der Waals surface area contributed by atoms with Crippen molar-refractivity contribution in [1.29, 1.82) is 0 Å². The number of aryl methyl sites for hydroxylation is 1. The Kier molecular flexibility index (Phi) is 8.24. The van der Waals surface area contributed by atoms with E-state index in [9.17, 15) is 14.7 Å². The summed E-state index contributed by atoms with van der Waals surface area (Å²) in [5.74, 6) is -0.433. The van der Waals surface area contributed by atoms with Gasteiger partial charge in [0, 0.05) is 29.7 Å². The van der Waals surface area contributed by atoms with E-state index >= 15 is 0 Å². The second kappa shape index (κ2) is 12.0. The van der Waals surface area contributed by atoms with Crippen molar-refractivity contribution < 1.29 is 14.6 Å². The van der Waals surface area contributed by atoms with Gasteiger partial charge < -0.3 is 19.7 Å². The number of aliphatic hydroxyl groups is 1. The van der Waals surface area contributed by atoms with Crippen molar-refractivity contribution in [3.8, 4) is 11.1 Å². The number of hydrogen-bond donors (Lipinski definition) is 2. The fourth-order valence-electron chi connectivity index (χ4n) is 4.32. The second-order valence-corrected chi connectivity index (χ2v) is 10.8. The van der Waals surface area contributed by atoms with Crippen LogP contribution >= 0.6 is 22.9 Å². The van der Waals surface area contributed by atoms with Crippen molar-refractivity contribution in [2.24, 2.45) is 7.05 Å². The number of carbonyl (C=O) groups excluding carboxylic acids is 1. The molecule has 198 valence electrons. The maximum Gasteiger partial charge on any atom is 0.257 e. The van der Waals surface area contributed by atoms with Gasteiger partial charge >= 0.3 is 0 Å². The molecule has 8 heteroatoms. The lowest BCUT2D eigenvalue weighted by Gasteiger charge is -2.12. The molecular weight excluding hydrogens is 532 g/mol. The summed E-state index contributed by atoms with van der Waals surface area (Å²) in [5, 5.41) is 14.5. The molecule has 0 fully saturated rings. The first-order valence-electron chi connectivity index (χ1n) is 12.4. The monoisotopic (exact) mass is 558 g/mol. The van der Waals surface area contributed by atoms with Gasteiger partial charge in [0.25, 0.3) is 5.91 Å². The van der Waals surface area contributed by atoms with Gasteiger partial charge in [0.2, 0.25) is 5.43 Å². The molecule has 2 N–H and O–H groups in total. The van der Waals surface area contributed by atoms with E-state index in [2.05, 4.69) is 5.32 Å². The van der Waals surface area contributed by atoms with Crippen LogP contribution in [0.2, 0.25) is 5.02 Å². The van der Waals surface area contributed by atoms with E-state index in [-0.39, 0.29) is 30.8 Å². The minimum atomic E-state index is -0.772. The quantitative estimate of drug-likeness (QED) is 0.229. The lowest BCUT2D eigenvalue weighted by molar-refractivity contribution is 0.0287. The first kappa shape index (κ1) is 26.8. The van der Waals surface area contributed by atoms with E-state index in [0.29, 0.717) is 10.4 Å². The molecule has 0 bridgehead atoms. The fraction of sp³-hybridized carbons (Fsp3) is 0.161. The minimum absolute atomic E-state index is 0.0820. The summed E-state index contributed by atoms with van der Waals surface area (Å²) in [6, 6.07) is 26.8. The third-order valence-corrected chi connectivity index (χ3v) is 7.88. The van der Waals surface area contributed by atoms with E-state index in [4.69, 9.17) is 16.3 Å². The standard InChI is InChI=1S/C31H27ClN2O4S/c1-34-17-27(30(37)33-16-20-7-13-24(32)14-8-20)29(36)26-15-25(39-31(26)34)18-38-19-28(35)23-11-9-22(10-12-23)21-5-3-2-4-6-21/h2-15,17,28,35H,16,18-19H2,1H3,(H,33,37)/t28-/m0/s1. The van der Waals surface area contributed by atoms with Gasteiger partial charge in [-0.15, -0.1) is 11.3 Å². The summed E-state index contributed by atoms with van der Waals surface area (Å²) in [6.07, 6.45) is 0.789. The number of pyridine rings is 1. The van der Waals surface area contributed by atoms with Crippen LogP contribution in [0.5, 0.6) is 0 Å². The van der Waals surface area contributed by atoms with Crippen LogP contribution in [-0.4, -0.2) is 22.2 Å². The summed E-state index contributed by atoms with van der Waals surface area (Å²) < 4.78 is 7.58. The molecule has 2 heterocycles. The second-order valence-electron chi connectivity index (χ2n) is 9.24. The number of fused-ring (bicyclic) bond motifs is 1. The smallest absolute Gasteiger partial charge is 0.257 e. The van der Waals surface area contributed by atoms with Gasteiger partial charge in [-0.25, -0.2) is 0 Å². The Morgan fingerprint density at radius 1 is 1.03 bits per heavy atom. The molecular formula is C31H27ClN2O4S. The molecule has 0 saturated heterocycles. The molecule has 1 amide bonds. The fourth-order valence-corrected chi connectivity index (χ4v) is 5.47. The molecule has 0 aliphatic heterocycles. The van der Waals surface area contributed by atoms with Crippen molar-refractivity contribution in [3.05, 3.63) is 128 Å². The van der Waals surface area contributed by atoms with Gasteiger partial charge in [0.05, 0.1) is 18.6 Å². The van der Waals surface area contributed by atoms with Crippen LogP contribution in [-0.2, 0) is 24.9 Å². The molecule has 0 aliphatic carbocycles. The van der Waals surface area contributed by atoms with E-state index in [0.717, 1.165) is 32.0 Å². The molecule has 0 spiro atoms. The highest BCUT2D eigenvalue weighted by Gasteiger charge is 2.17. The Balaban J connectivity index is 1.21. The van der Waals surface area contributed by atoms with Gasteiger partial charge in [0.15, 0.2) is 0 Å². The van der Waals surface area contributed by atoms with E-state index in [1.807, 2.05) is 73.8 Å². The Hall–Kier alpha value is -3.75. The number of benzene rings is 3. The lowest BCUT2D eigenvalue weighted by atomic mass is 10.0. The van der Waals surface area contributed by atoms with Crippen molar-refractivity contribution in [3.63, 3.8) is 0 Å². The summed E-state index contributed by atoms with van der Waals surface area (Å²) in [5.41, 5.74) is 3.62. The summed E-state index contributed by atoms with van der Waals surface area (Å²) in [6.45, 7) is 0.654. The van der Waals surface area contributed by atoms with Crippen LogP contribution in [0.15, 0.2) is 95.9 Å². The number of ether oxygens (including phenoxy) is 1. The molecule has 0 aliphatic rings. The number of carbonyl (C=O) groups is 1. The Morgan fingerprint density at radius 3 is 2.44 bits per heavy atom. The normalized spacial score (nSPS) is 12.0. The molecule has 39 heavy (non-hydrogen) atoms. The van der Waals surface area contributed by atoms with Gasteiger partial charge in [-0.1, -0.05) is 78.3 Å². The van der Waals surface area contributed by atoms with Crippen molar-refractivity contribution in [2.45, 2.75) is 19.3 Å². The predicted octanol–water partition coefficient (Wildman–Crippen LogP) is 6.10. The lowest BCUT2D eigenvalue weighted by Crippen LogP contribution is -2.29. The Labute approximate surface area is 235 Å². The topological polar surface area (TPSA) is 80.6 Å². The van der Waals surface area contributed by atoms with Crippen LogP contribution in [0.3, 0.4) is 0 Å². The van der Waals surface area contributed by atoms with E-state index in [1.54, 1.807) is 29.0 Å². The number of aromatic nitrogens is 1. The molecule has 3 aromatic carbocycles. The predicted molar refractivity (Wildman–Crippen MR) is 156 cm³/mol. The van der Waals surface area contributed by atoms with Gasteiger partial charge in [-0.05, 0) is 40.5 Å². The zero-order chi connectivity index (χ0) is 27.4. The summed E-state index contributed by atoms with van der Waals surface area (Å²) in [4.78, 5) is 27.5. The maximum absolute atomic E-state index is 13.1. The Morgan fingerprint density at radius 2 is 1.72 bits per heavy atom. The minimum Gasteiger partial charge on any atom is -0.386 e. The highest BCUT2D eigenvalue weighted by atomic mass is 35.5. The highest BCUT2D eigenvalue weighted by Crippen LogP contribution is 2.26. The largest absolute Gasteiger partial charge is 0.386 e. The number of aliphatic hydroxyl groups excluding tert-OH is 1. The van der Waals surface area contributed by atoms with Crippen LogP contribution in [0.25, 0.3) is 21.3 Å². The molecule has 5 aromatic rings. The van der Waals surface area contributed by atoms with Crippen LogP contribution in [0, 0.1) is 0 Å². The van der Waals surface area contributed by atoms with Crippen molar-refractivity contribution in [2.75, 3.05) is 6.61 Å². The van der Waals surface area contributed by atoms with E-state index < -0.39 is 12.0 Å². The number of hydrogen-bond acceptors (Lipinski definition) is 5. The number of thiophene rings is 1. The Bertz CT molecular complexity index is 1650. The molecule has 6 nitrogen and oxygen atoms in total. The van der Waals surface area contributed by atoms with E-state index in [1.165, 1.54) is 11.3 Å². The maximum atomic E-state index is 13.1. The number of rotatable bonds is 9. The molecule has 2 aromatic heterocycles. The highest BCUT2D eigenvalue weighted by molar-refractivity contribution is 7.18. The first-order chi connectivity index (χ1) is 18.9. The molecule has 0 unspecified atom stereocenters. The number of amides is 1. The third-order valence-electron chi connectivity index (χ3n) is 6.43. The number of halogens is 1. The zero-order valence-electron chi connectivity index (χ0n) is 21.3. The molecule has 1 atom stereocenters. The number of nitrogens with zero attached hydrogens (tertiary/aromatic N) is 1. The summed E-state index contributed by atoms with van der Waals surface area (Å²) >= 11 is 7.34. The average Bonchev–Trinajstić information content (AvgIpc) is 3.40. The summed E-state index contributed by atoms with van der Waals surface area (Å²) in [7, 11) is 1.81. The van der Waals surface area contributed by atoms with Crippen molar-refractivity contribution in [1.82, 2.24) is 9.88 Å². The third kappa shape index (κ3) is 6.29. The molecule has 0 saturated carbocycles. The van der Waals surface area contributed by atoms with Crippen LogP contribution in [0.1, 0.15) is 32.5 Å². The van der Waals surface area contributed by atoms with Crippen LogP contribution < -0.4 is 10.7 Å². The van der Waals surface area contributed by atoms with Gasteiger partial charge in [-0.2, -0.15) is 0 Å². The zero-order valence-corrected chi connectivity index (χ0v) is 22.8. The average molecular weight is 559 g/mol. The number of nitrogens with one attached hydrogen (secondary N) is 1. The SMILES string of the molecule is Cn1cc(C(=O)NCc2ccc(Cl)cc2)c(=O)c2cc(COC[C@H](O)c3ccc(-c4ccccc4)cc3)sc21.